The van der Waals surface area contributed by atoms with Crippen molar-refractivity contribution in [3.8, 4) is 0 Å². The van der Waals surface area contributed by atoms with Gasteiger partial charge in [0.2, 0.25) is 11.8 Å². The van der Waals surface area contributed by atoms with E-state index in [-0.39, 0.29) is 36.6 Å². The molecule has 3 heterocycles. The average Bonchev–Trinajstić information content (AvgIpc) is 3.25. The van der Waals surface area contributed by atoms with Crippen molar-refractivity contribution in [3.63, 3.8) is 0 Å². The number of aromatic amines is 1. The number of rotatable bonds is 5. The number of aromatic nitrogens is 4. The third kappa shape index (κ3) is 3.60. The Morgan fingerprint density at radius 2 is 2.00 bits per heavy atom. The van der Waals surface area contributed by atoms with E-state index in [9.17, 15) is 8.42 Å². The predicted octanol–water partition coefficient (Wildman–Crippen LogP) is 1.80. The minimum absolute atomic E-state index is 0.0882. The highest BCUT2D eigenvalue weighted by molar-refractivity contribution is 7.89. The number of hydrogen-bond acceptors (Lipinski definition) is 7. The molecule has 0 saturated carbocycles. The van der Waals surface area contributed by atoms with Crippen molar-refractivity contribution in [1.29, 1.82) is 0 Å². The molecule has 25 heavy (non-hydrogen) atoms. The van der Waals surface area contributed by atoms with Gasteiger partial charge in [-0.2, -0.15) is 4.31 Å². The fraction of sp³-hybridized carbons (Fsp3) is 0.667. The molecule has 2 aromatic heterocycles. The van der Waals surface area contributed by atoms with Crippen LogP contribution in [0.4, 0.5) is 0 Å². The zero-order valence-corrected chi connectivity index (χ0v) is 15.6. The molecular weight excluding hydrogens is 346 g/mol. The molecule has 1 saturated heterocycles. The molecule has 1 atom stereocenters. The van der Waals surface area contributed by atoms with Crippen LogP contribution < -0.4 is 0 Å². The van der Waals surface area contributed by atoms with Gasteiger partial charge in [0.05, 0.1) is 12.8 Å². The molecule has 0 spiro atoms. The SMILES string of the molecule is CC(C)c1ncc(S(=O)(=O)N2CCO[C@@H](c3nnc(C(C)C)o3)C2)[nH]1. The number of nitrogens with zero attached hydrogens (tertiary/aromatic N) is 4. The first-order chi connectivity index (χ1) is 11.8. The van der Waals surface area contributed by atoms with E-state index in [0.717, 1.165) is 0 Å². The van der Waals surface area contributed by atoms with Crippen molar-refractivity contribution in [3.05, 3.63) is 23.8 Å². The summed E-state index contributed by atoms with van der Waals surface area (Å²) in [6.45, 7) is 8.43. The van der Waals surface area contributed by atoms with Gasteiger partial charge in [-0.05, 0) is 0 Å². The van der Waals surface area contributed by atoms with E-state index >= 15 is 0 Å². The van der Waals surface area contributed by atoms with Crippen LogP contribution in [0.2, 0.25) is 0 Å². The van der Waals surface area contributed by atoms with Crippen LogP contribution >= 0.6 is 0 Å². The average molecular weight is 369 g/mol. The van der Waals surface area contributed by atoms with Gasteiger partial charge in [-0.1, -0.05) is 27.7 Å². The minimum atomic E-state index is -3.68. The van der Waals surface area contributed by atoms with Gasteiger partial charge in [-0.15, -0.1) is 10.2 Å². The second kappa shape index (κ2) is 6.85. The lowest BCUT2D eigenvalue weighted by Gasteiger charge is -2.29. The Labute approximate surface area is 146 Å². The molecule has 1 aliphatic heterocycles. The lowest BCUT2D eigenvalue weighted by Crippen LogP contribution is -2.42. The first kappa shape index (κ1) is 18.0. The largest absolute Gasteiger partial charge is 0.422 e. The summed E-state index contributed by atoms with van der Waals surface area (Å²) in [5.41, 5.74) is 0. The molecular formula is C15H23N5O4S. The third-order valence-electron chi connectivity index (χ3n) is 3.99. The van der Waals surface area contributed by atoms with Crippen molar-refractivity contribution in [2.45, 2.75) is 50.7 Å². The first-order valence-electron chi connectivity index (χ1n) is 8.29. The second-order valence-electron chi connectivity index (χ2n) is 6.64. The van der Waals surface area contributed by atoms with Crippen molar-refractivity contribution in [2.75, 3.05) is 19.7 Å². The number of morpholine rings is 1. The zero-order valence-electron chi connectivity index (χ0n) is 14.8. The van der Waals surface area contributed by atoms with Crippen LogP contribution in [0, 0.1) is 0 Å². The number of sulfonamides is 1. The molecule has 9 nitrogen and oxygen atoms in total. The summed E-state index contributed by atoms with van der Waals surface area (Å²) >= 11 is 0. The van der Waals surface area contributed by atoms with E-state index in [2.05, 4.69) is 20.2 Å². The summed E-state index contributed by atoms with van der Waals surface area (Å²) in [7, 11) is -3.68. The molecule has 3 rings (SSSR count). The topological polar surface area (TPSA) is 114 Å². The molecule has 0 unspecified atom stereocenters. The standard InChI is InChI=1S/C15H23N5O4S/c1-9(2)13-16-7-12(17-13)25(21,22)20-5-6-23-11(8-20)15-19-18-14(24-15)10(3)4/h7,9-11H,5-6,8H2,1-4H3,(H,16,17)/t11-/m1/s1. The van der Waals surface area contributed by atoms with E-state index in [4.69, 9.17) is 9.15 Å². The van der Waals surface area contributed by atoms with E-state index in [1.807, 2.05) is 27.7 Å². The van der Waals surface area contributed by atoms with Crippen LogP contribution in [0.25, 0.3) is 0 Å². The highest BCUT2D eigenvalue weighted by Gasteiger charge is 2.35. The maximum Gasteiger partial charge on any atom is 0.260 e. The summed E-state index contributed by atoms with van der Waals surface area (Å²) in [4.78, 5) is 7.03. The second-order valence-corrected chi connectivity index (χ2v) is 8.55. The highest BCUT2D eigenvalue weighted by Crippen LogP contribution is 2.27. The molecule has 10 heteroatoms. The third-order valence-corrected chi connectivity index (χ3v) is 5.77. The van der Waals surface area contributed by atoms with Crippen LogP contribution in [-0.4, -0.2) is 52.6 Å². The first-order valence-corrected chi connectivity index (χ1v) is 9.73. The van der Waals surface area contributed by atoms with Crippen molar-refractivity contribution < 1.29 is 17.6 Å². The molecule has 2 aromatic rings. The molecule has 0 aliphatic carbocycles. The van der Waals surface area contributed by atoms with Crippen molar-refractivity contribution >= 4 is 10.0 Å². The summed E-state index contributed by atoms with van der Waals surface area (Å²) in [6, 6.07) is 0. The van der Waals surface area contributed by atoms with Crippen molar-refractivity contribution in [2.24, 2.45) is 0 Å². The summed E-state index contributed by atoms with van der Waals surface area (Å²) in [5.74, 6) is 1.67. The number of H-pyrrole nitrogens is 1. The van der Waals surface area contributed by atoms with Gasteiger partial charge in [-0.25, -0.2) is 13.4 Å². The molecule has 0 amide bonds. The van der Waals surface area contributed by atoms with Gasteiger partial charge in [0.1, 0.15) is 11.9 Å². The Balaban J connectivity index is 1.79. The monoisotopic (exact) mass is 369 g/mol. The van der Waals surface area contributed by atoms with Gasteiger partial charge in [0, 0.05) is 24.9 Å². The van der Waals surface area contributed by atoms with Gasteiger partial charge in [0.25, 0.3) is 10.0 Å². The maximum absolute atomic E-state index is 12.8. The Hall–Kier alpha value is -1.78. The molecule has 0 bridgehead atoms. The number of imidazole rings is 1. The fourth-order valence-corrected chi connectivity index (χ4v) is 3.83. The number of hydrogen-bond donors (Lipinski definition) is 1. The van der Waals surface area contributed by atoms with Gasteiger partial charge in [0.15, 0.2) is 5.03 Å². The highest BCUT2D eigenvalue weighted by atomic mass is 32.2. The van der Waals surface area contributed by atoms with Crippen LogP contribution in [0.3, 0.4) is 0 Å². The number of nitrogens with one attached hydrogen (secondary N) is 1. The van der Waals surface area contributed by atoms with Crippen LogP contribution in [-0.2, 0) is 14.8 Å². The lowest BCUT2D eigenvalue weighted by molar-refractivity contribution is -0.0179. The van der Waals surface area contributed by atoms with Crippen LogP contribution in [0.1, 0.15) is 63.2 Å². The van der Waals surface area contributed by atoms with Gasteiger partial charge in [-0.3, -0.25) is 0 Å². The van der Waals surface area contributed by atoms with Crippen LogP contribution in [0.15, 0.2) is 15.6 Å². The van der Waals surface area contributed by atoms with E-state index in [1.54, 1.807) is 0 Å². The van der Waals surface area contributed by atoms with E-state index < -0.39 is 16.1 Å². The molecule has 1 N–H and O–H groups in total. The quantitative estimate of drug-likeness (QED) is 0.854. The fourth-order valence-electron chi connectivity index (χ4n) is 2.49. The van der Waals surface area contributed by atoms with Gasteiger partial charge >= 0.3 is 0 Å². The lowest BCUT2D eigenvalue weighted by atomic mass is 10.2. The maximum atomic E-state index is 12.8. The predicted molar refractivity (Wildman–Crippen MR) is 88.5 cm³/mol. The molecule has 138 valence electrons. The Kier molecular flexibility index (Phi) is 4.94. The molecule has 0 radical (unpaired) electrons. The Bertz CT molecular complexity index is 827. The molecule has 0 aromatic carbocycles. The van der Waals surface area contributed by atoms with Crippen molar-refractivity contribution in [1.82, 2.24) is 24.5 Å². The minimum Gasteiger partial charge on any atom is -0.422 e. The summed E-state index contributed by atoms with van der Waals surface area (Å²) in [5, 5.41) is 8.06. The van der Waals surface area contributed by atoms with Gasteiger partial charge < -0.3 is 14.1 Å². The Morgan fingerprint density at radius 1 is 1.24 bits per heavy atom. The normalized spacial score (nSPS) is 19.8. The smallest absolute Gasteiger partial charge is 0.260 e. The Morgan fingerprint density at radius 3 is 2.60 bits per heavy atom. The number of ether oxygens (including phenoxy) is 1. The van der Waals surface area contributed by atoms with E-state index in [0.29, 0.717) is 17.6 Å². The zero-order chi connectivity index (χ0) is 18.2. The molecule has 1 aliphatic rings. The van der Waals surface area contributed by atoms with Crippen LogP contribution in [0.5, 0.6) is 0 Å². The summed E-state index contributed by atoms with van der Waals surface area (Å²) < 4.78 is 38.3. The van der Waals surface area contributed by atoms with E-state index in [1.165, 1.54) is 10.5 Å². The summed E-state index contributed by atoms with van der Waals surface area (Å²) in [6.07, 6.45) is 0.787. The molecule has 1 fully saturated rings.